The lowest BCUT2D eigenvalue weighted by Crippen LogP contribution is -2.52. The van der Waals surface area contributed by atoms with Crippen LogP contribution in [0.4, 0.5) is 0 Å². The molecule has 19 heavy (non-hydrogen) atoms. The van der Waals surface area contributed by atoms with Crippen LogP contribution in [0.2, 0.25) is 0 Å². The number of aliphatic hydroxyl groups is 1. The fourth-order valence-electron chi connectivity index (χ4n) is 2.52. The van der Waals surface area contributed by atoms with Gasteiger partial charge in [0, 0.05) is 6.42 Å². The molecule has 6 nitrogen and oxygen atoms in total. The van der Waals surface area contributed by atoms with Crippen LogP contribution in [0.3, 0.4) is 0 Å². The summed E-state index contributed by atoms with van der Waals surface area (Å²) in [6.45, 7) is 1.74. The van der Waals surface area contributed by atoms with E-state index in [1.807, 2.05) is 6.92 Å². The SMILES string of the molecule is CCc1ncc(S(=O)(=O)NC2(CO)CCCCC2)[nH]1. The molecular weight excluding hydrogens is 266 g/mol. The molecule has 1 saturated carbocycles. The van der Waals surface area contributed by atoms with Gasteiger partial charge in [0.15, 0.2) is 5.03 Å². The number of nitrogens with one attached hydrogen (secondary N) is 2. The lowest BCUT2D eigenvalue weighted by molar-refractivity contribution is 0.142. The zero-order valence-corrected chi connectivity index (χ0v) is 12.0. The molecule has 0 atom stereocenters. The first-order chi connectivity index (χ1) is 9.01. The van der Waals surface area contributed by atoms with E-state index < -0.39 is 15.6 Å². The molecule has 1 aromatic heterocycles. The molecule has 0 bridgehead atoms. The third-order valence-electron chi connectivity index (χ3n) is 3.69. The summed E-state index contributed by atoms with van der Waals surface area (Å²) >= 11 is 0. The molecule has 1 aliphatic rings. The summed E-state index contributed by atoms with van der Waals surface area (Å²) in [6, 6.07) is 0. The van der Waals surface area contributed by atoms with Gasteiger partial charge in [-0.2, -0.15) is 0 Å². The number of nitrogens with zero attached hydrogens (tertiary/aromatic N) is 1. The Balaban J connectivity index is 2.19. The first-order valence-electron chi connectivity index (χ1n) is 6.70. The average Bonchev–Trinajstić information content (AvgIpc) is 2.89. The minimum atomic E-state index is -3.65. The molecule has 0 aromatic carbocycles. The Hall–Kier alpha value is -0.920. The van der Waals surface area contributed by atoms with E-state index in [0.717, 1.165) is 19.3 Å². The first-order valence-corrected chi connectivity index (χ1v) is 8.18. The number of hydrogen-bond acceptors (Lipinski definition) is 4. The molecule has 1 fully saturated rings. The van der Waals surface area contributed by atoms with E-state index in [-0.39, 0.29) is 11.6 Å². The van der Waals surface area contributed by atoms with Crippen molar-refractivity contribution in [3.63, 3.8) is 0 Å². The van der Waals surface area contributed by atoms with Gasteiger partial charge in [-0.1, -0.05) is 26.2 Å². The molecule has 2 rings (SSSR count). The maximum Gasteiger partial charge on any atom is 0.258 e. The summed E-state index contributed by atoms with van der Waals surface area (Å²) in [7, 11) is -3.65. The second-order valence-electron chi connectivity index (χ2n) is 5.15. The minimum Gasteiger partial charge on any atom is -0.394 e. The van der Waals surface area contributed by atoms with Crippen molar-refractivity contribution in [3.8, 4) is 0 Å². The lowest BCUT2D eigenvalue weighted by atomic mass is 9.83. The molecule has 1 aliphatic carbocycles. The van der Waals surface area contributed by atoms with Gasteiger partial charge in [-0.25, -0.2) is 18.1 Å². The zero-order valence-electron chi connectivity index (χ0n) is 11.1. The number of hydrogen-bond donors (Lipinski definition) is 3. The van der Waals surface area contributed by atoms with E-state index >= 15 is 0 Å². The fourth-order valence-corrected chi connectivity index (χ4v) is 3.91. The van der Waals surface area contributed by atoms with Crippen molar-refractivity contribution < 1.29 is 13.5 Å². The number of aromatic amines is 1. The van der Waals surface area contributed by atoms with Crippen molar-refractivity contribution in [3.05, 3.63) is 12.0 Å². The number of H-pyrrole nitrogens is 1. The third-order valence-corrected chi connectivity index (χ3v) is 5.18. The fraction of sp³-hybridized carbons (Fsp3) is 0.750. The summed E-state index contributed by atoms with van der Waals surface area (Å²) in [4.78, 5) is 6.80. The minimum absolute atomic E-state index is 0.0720. The molecule has 0 radical (unpaired) electrons. The van der Waals surface area contributed by atoms with Gasteiger partial charge in [0.05, 0.1) is 18.3 Å². The van der Waals surface area contributed by atoms with E-state index in [1.165, 1.54) is 6.20 Å². The smallest absolute Gasteiger partial charge is 0.258 e. The standard InChI is InChI=1S/C12H21N3O3S/c1-2-10-13-8-11(14-10)19(17,18)15-12(9-16)6-4-3-5-7-12/h8,15-16H,2-7,9H2,1H3,(H,13,14). The second kappa shape index (κ2) is 5.60. The normalized spacial score (nSPS) is 19.5. The van der Waals surface area contributed by atoms with E-state index in [4.69, 9.17) is 0 Å². The molecule has 108 valence electrons. The maximum absolute atomic E-state index is 12.3. The van der Waals surface area contributed by atoms with Gasteiger partial charge in [0.2, 0.25) is 0 Å². The molecule has 0 aliphatic heterocycles. The topological polar surface area (TPSA) is 95.1 Å². The van der Waals surface area contributed by atoms with Crippen LogP contribution in [0.25, 0.3) is 0 Å². The number of imidazole rings is 1. The van der Waals surface area contributed by atoms with Crippen molar-refractivity contribution in [1.29, 1.82) is 0 Å². The van der Waals surface area contributed by atoms with Crippen LogP contribution < -0.4 is 4.72 Å². The highest BCUT2D eigenvalue weighted by molar-refractivity contribution is 7.89. The molecule has 0 unspecified atom stereocenters. The van der Waals surface area contributed by atoms with Crippen molar-refractivity contribution in [2.45, 2.75) is 56.0 Å². The van der Waals surface area contributed by atoms with Gasteiger partial charge in [-0.05, 0) is 12.8 Å². The van der Waals surface area contributed by atoms with E-state index in [0.29, 0.717) is 25.1 Å². The van der Waals surface area contributed by atoms with Gasteiger partial charge in [-0.3, -0.25) is 0 Å². The number of aryl methyl sites for hydroxylation is 1. The summed E-state index contributed by atoms with van der Waals surface area (Å²) in [6.07, 6.45) is 6.30. The largest absolute Gasteiger partial charge is 0.394 e. The Kier molecular flexibility index (Phi) is 4.27. The lowest BCUT2D eigenvalue weighted by Gasteiger charge is -2.35. The number of aliphatic hydroxyl groups excluding tert-OH is 1. The summed E-state index contributed by atoms with van der Waals surface area (Å²) < 4.78 is 27.3. The van der Waals surface area contributed by atoms with Gasteiger partial charge in [0.1, 0.15) is 5.82 Å². The van der Waals surface area contributed by atoms with E-state index in [2.05, 4.69) is 14.7 Å². The van der Waals surface area contributed by atoms with Gasteiger partial charge < -0.3 is 10.1 Å². The van der Waals surface area contributed by atoms with Crippen molar-refractivity contribution in [1.82, 2.24) is 14.7 Å². The highest BCUT2D eigenvalue weighted by Crippen LogP contribution is 2.29. The van der Waals surface area contributed by atoms with Crippen LogP contribution in [-0.4, -0.2) is 35.6 Å². The zero-order chi connectivity index (χ0) is 13.9. The molecule has 3 N–H and O–H groups in total. The Morgan fingerprint density at radius 3 is 2.63 bits per heavy atom. The monoisotopic (exact) mass is 287 g/mol. The molecule has 1 heterocycles. The number of sulfonamides is 1. The molecule has 7 heteroatoms. The van der Waals surface area contributed by atoms with Crippen LogP contribution in [0.5, 0.6) is 0 Å². The number of rotatable bonds is 5. The van der Waals surface area contributed by atoms with Crippen LogP contribution in [0.1, 0.15) is 44.9 Å². The predicted octanol–water partition coefficient (Wildman–Crippen LogP) is 0.946. The molecule has 0 spiro atoms. The highest BCUT2D eigenvalue weighted by atomic mass is 32.2. The number of aromatic nitrogens is 2. The van der Waals surface area contributed by atoms with Crippen molar-refractivity contribution in [2.24, 2.45) is 0 Å². The maximum atomic E-state index is 12.3. The van der Waals surface area contributed by atoms with Gasteiger partial charge in [-0.15, -0.1) is 0 Å². The van der Waals surface area contributed by atoms with Crippen LogP contribution in [0, 0.1) is 0 Å². The van der Waals surface area contributed by atoms with Gasteiger partial charge in [0.25, 0.3) is 10.0 Å². The van der Waals surface area contributed by atoms with Crippen molar-refractivity contribution >= 4 is 10.0 Å². The Morgan fingerprint density at radius 1 is 1.42 bits per heavy atom. The quantitative estimate of drug-likeness (QED) is 0.751. The Morgan fingerprint density at radius 2 is 2.11 bits per heavy atom. The van der Waals surface area contributed by atoms with E-state index in [1.54, 1.807) is 0 Å². The summed E-state index contributed by atoms with van der Waals surface area (Å²) in [5, 5.41) is 9.62. The van der Waals surface area contributed by atoms with Crippen LogP contribution >= 0.6 is 0 Å². The first kappa shape index (κ1) is 14.5. The molecule has 0 amide bonds. The van der Waals surface area contributed by atoms with Crippen molar-refractivity contribution in [2.75, 3.05) is 6.61 Å². The average molecular weight is 287 g/mol. The molecule has 0 saturated heterocycles. The second-order valence-corrected chi connectivity index (χ2v) is 6.80. The van der Waals surface area contributed by atoms with Crippen LogP contribution in [-0.2, 0) is 16.4 Å². The predicted molar refractivity (Wildman–Crippen MR) is 71.2 cm³/mol. The van der Waals surface area contributed by atoms with E-state index in [9.17, 15) is 13.5 Å². The summed E-state index contributed by atoms with van der Waals surface area (Å²) in [5.74, 6) is 0.641. The summed E-state index contributed by atoms with van der Waals surface area (Å²) in [5.41, 5.74) is -0.714. The molecule has 1 aromatic rings. The highest BCUT2D eigenvalue weighted by Gasteiger charge is 2.36. The van der Waals surface area contributed by atoms with Crippen LogP contribution in [0.15, 0.2) is 11.2 Å². The van der Waals surface area contributed by atoms with Gasteiger partial charge >= 0.3 is 0 Å². The molecular formula is C12H21N3O3S. The Bertz CT molecular complexity index is 518. The Labute approximate surface area is 113 Å². The third kappa shape index (κ3) is 3.16.